The molecule has 3 rings (SSSR count). The standard InChI is InChI=1S/C15H22N6O/c1-3-13-14(4-2)17-18-15(16-13)21-8-6-20(7-9-21)11-12-5-10-22-19-12/h5,10H,3-4,6-9,11H2,1-2H3. The number of hydrogen-bond acceptors (Lipinski definition) is 7. The van der Waals surface area contributed by atoms with Gasteiger partial charge in [-0.15, -0.1) is 5.10 Å². The molecule has 0 saturated carbocycles. The summed E-state index contributed by atoms with van der Waals surface area (Å²) in [6.45, 7) is 8.79. The van der Waals surface area contributed by atoms with E-state index in [9.17, 15) is 0 Å². The lowest BCUT2D eigenvalue weighted by Gasteiger charge is -2.34. The van der Waals surface area contributed by atoms with Crippen LogP contribution in [0.2, 0.25) is 0 Å². The zero-order valence-corrected chi connectivity index (χ0v) is 13.2. The van der Waals surface area contributed by atoms with Crippen molar-refractivity contribution in [3.8, 4) is 0 Å². The first-order valence-electron chi connectivity index (χ1n) is 7.89. The van der Waals surface area contributed by atoms with Crippen LogP contribution in [0.1, 0.15) is 30.9 Å². The predicted octanol–water partition coefficient (Wildman–Crippen LogP) is 1.31. The van der Waals surface area contributed by atoms with Crippen molar-refractivity contribution in [2.75, 3.05) is 31.1 Å². The molecule has 1 aliphatic heterocycles. The first-order chi connectivity index (χ1) is 10.8. The highest BCUT2D eigenvalue weighted by atomic mass is 16.5. The molecule has 0 unspecified atom stereocenters. The first kappa shape index (κ1) is 14.9. The summed E-state index contributed by atoms with van der Waals surface area (Å²) in [7, 11) is 0. The molecule has 1 aliphatic rings. The molecule has 1 saturated heterocycles. The van der Waals surface area contributed by atoms with Crippen molar-refractivity contribution < 1.29 is 4.52 Å². The summed E-state index contributed by atoms with van der Waals surface area (Å²) in [6, 6.07) is 1.91. The predicted molar refractivity (Wildman–Crippen MR) is 82.6 cm³/mol. The normalized spacial score (nSPS) is 16.2. The molecule has 0 radical (unpaired) electrons. The Bertz CT molecular complexity index is 592. The van der Waals surface area contributed by atoms with Crippen molar-refractivity contribution in [1.29, 1.82) is 0 Å². The van der Waals surface area contributed by atoms with E-state index in [1.807, 2.05) is 6.07 Å². The molecular weight excluding hydrogens is 280 g/mol. The summed E-state index contributed by atoms with van der Waals surface area (Å²) in [4.78, 5) is 9.27. The Balaban J connectivity index is 1.61. The first-order valence-corrected chi connectivity index (χ1v) is 7.89. The number of piperazine rings is 1. The fraction of sp³-hybridized carbons (Fsp3) is 0.600. The largest absolute Gasteiger partial charge is 0.364 e. The number of nitrogens with zero attached hydrogens (tertiary/aromatic N) is 6. The van der Waals surface area contributed by atoms with Crippen molar-refractivity contribution in [3.63, 3.8) is 0 Å². The van der Waals surface area contributed by atoms with Crippen molar-refractivity contribution in [3.05, 3.63) is 29.4 Å². The molecule has 0 atom stereocenters. The Morgan fingerprint density at radius 1 is 1.05 bits per heavy atom. The maximum atomic E-state index is 4.88. The molecule has 22 heavy (non-hydrogen) atoms. The zero-order valence-electron chi connectivity index (χ0n) is 13.2. The van der Waals surface area contributed by atoms with Crippen LogP contribution in [0.5, 0.6) is 0 Å². The van der Waals surface area contributed by atoms with E-state index in [0.29, 0.717) is 0 Å². The maximum Gasteiger partial charge on any atom is 0.245 e. The second kappa shape index (κ2) is 6.83. The third-order valence-electron chi connectivity index (χ3n) is 4.03. The number of anilines is 1. The molecule has 0 spiro atoms. The Morgan fingerprint density at radius 2 is 1.82 bits per heavy atom. The molecule has 0 amide bonds. The topological polar surface area (TPSA) is 71.2 Å². The molecule has 7 nitrogen and oxygen atoms in total. The van der Waals surface area contributed by atoms with Gasteiger partial charge in [0.05, 0.1) is 17.1 Å². The second-order valence-electron chi connectivity index (χ2n) is 5.47. The summed E-state index contributed by atoms with van der Waals surface area (Å²) in [5.74, 6) is 0.759. The van der Waals surface area contributed by atoms with Crippen molar-refractivity contribution in [2.45, 2.75) is 33.2 Å². The number of hydrogen-bond donors (Lipinski definition) is 0. The highest BCUT2D eigenvalue weighted by Crippen LogP contribution is 2.14. The second-order valence-corrected chi connectivity index (χ2v) is 5.47. The molecule has 0 N–H and O–H groups in total. The minimum atomic E-state index is 0.759. The number of aromatic nitrogens is 4. The molecule has 1 fully saturated rings. The number of aryl methyl sites for hydroxylation is 2. The Hall–Kier alpha value is -2.02. The minimum absolute atomic E-state index is 0.759. The Labute approximate surface area is 130 Å². The third-order valence-corrected chi connectivity index (χ3v) is 4.03. The number of rotatable bonds is 5. The van der Waals surface area contributed by atoms with E-state index in [1.54, 1.807) is 6.26 Å². The fourth-order valence-electron chi connectivity index (χ4n) is 2.72. The Kier molecular flexibility index (Phi) is 4.62. The van der Waals surface area contributed by atoms with E-state index in [2.05, 4.69) is 39.0 Å². The molecule has 0 aromatic carbocycles. The van der Waals surface area contributed by atoms with E-state index in [4.69, 9.17) is 9.51 Å². The van der Waals surface area contributed by atoms with Gasteiger partial charge in [0.15, 0.2) is 0 Å². The monoisotopic (exact) mass is 302 g/mol. The van der Waals surface area contributed by atoms with Gasteiger partial charge in [-0.3, -0.25) is 4.90 Å². The lowest BCUT2D eigenvalue weighted by Crippen LogP contribution is -2.46. The van der Waals surface area contributed by atoms with Gasteiger partial charge >= 0.3 is 0 Å². The molecule has 2 aromatic rings. The molecule has 3 heterocycles. The van der Waals surface area contributed by atoms with Crippen molar-refractivity contribution in [1.82, 2.24) is 25.2 Å². The zero-order chi connectivity index (χ0) is 15.4. The lowest BCUT2D eigenvalue weighted by atomic mass is 10.2. The van der Waals surface area contributed by atoms with Crippen LogP contribution in [0, 0.1) is 0 Å². The van der Waals surface area contributed by atoms with Crippen LogP contribution in [-0.4, -0.2) is 51.4 Å². The average molecular weight is 302 g/mol. The SMILES string of the molecule is CCc1nnc(N2CCN(Cc3ccon3)CC2)nc1CC. The smallest absolute Gasteiger partial charge is 0.245 e. The molecule has 2 aromatic heterocycles. The quantitative estimate of drug-likeness (QED) is 0.824. The fourth-order valence-corrected chi connectivity index (χ4v) is 2.72. The van der Waals surface area contributed by atoms with E-state index in [-0.39, 0.29) is 0 Å². The van der Waals surface area contributed by atoms with Crippen molar-refractivity contribution >= 4 is 5.95 Å². The van der Waals surface area contributed by atoms with Crippen molar-refractivity contribution in [2.24, 2.45) is 0 Å². The van der Waals surface area contributed by atoms with Crippen LogP contribution < -0.4 is 4.90 Å². The van der Waals surface area contributed by atoms with Gasteiger partial charge in [-0.1, -0.05) is 19.0 Å². The average Bonchev–Trinajstić information content (AvgIpc) is 3.08. The molecule has 0 bridgehead atoms. The van der Waals surface area contributed by atoms with Gasteiger partial charge in [0.25, 0.3) is 0 Å². The highest BCUT2D eigenvalue weighted by Gasteiger charge is 2.20. The van der Waals surface area contributed by atoms with E-state index < -0.39 is 0 Å². The summed E-state index contributed by atoms with van der Waals surface area (Å²) < 4.78 is 4.88. The highest BCUT2D eigenvalue weighted by molar-refractivity contribution is 5.31. The lowest BCUT2D eigenvalue weighted by molar-refractivity contribution is 0.241. The van der Waals surface area contributed by atoms with Gasteiger partial charge < -0.3 is 9.42 Å². The van der Waals surface area contributed by atoms with Crippen LogP contribution >= 0.6 is 0 Å². The summed E-state index contributed by atoms with van der Waals surface area (Å²) >= 11 is 0. The van der Waals surface area contributed by atoms with Crippen LogP contribution in [0.3, 0.4) is 0 Å². The van der Waals surface area contributed by atoms with Gasteiger partial charge in [-0.05, 0) is 12.8 Å². The molecule has 0 aliphatic carbocycles. The summed E-state index contributed by atoms with van der Waals surface area (Å²) in [6.07, 6.45) is 3.40. The van der Waals surface area contributed by atoms with Crippen LogP contribution in [0.4, 0.5) is 5.95 Å². The molecular formula is C15H22N6O. The molecule has 7 heteroatoms. The van der Waals surface area contributed by atoms with E-state index in [1.165, 1.54) is 0 Å². The summed E-state index contributed by atoms with van der Waals surface area (Å²) in [5, 5.41) is 12.6. The van der Waals surface area contributed by atoms with Crippen LogP contribution in [-0.2, 0) is 19.4 Å². The van der Waals surface area contributed by atoms with E-state index >= 15 is 0 Å². The molecule has 118 valence electrons. The van der Waals surface area contributed by atoms with Gasteiger partial charge in [-0.25, -0.2) is 4.98 Å². The summed E-state index contributed by atoms with van der Waals surface area (Å²) in [5.41, 5.74) is 3.06. The van der Waals surface area contributed by atoms with Gasteiger partial charge in [0, 0.05) is 38.8 Å². The Morgan fingerprint density at radius 3 is 2.45 bits per heavy atom. The van der Waals surface area contributed by atoms with E-state index in [0.717, 1.165) is 68.6 Å². The van der Waals surface area contributed by atoms with Crippen LogP contribution in [0.25, 0.3) is 0 Å². The van der Waals surface area contributed by atoms with Gasteiger partial charge in [0.2, 0.25) is 5.95 Å². The minimum Gasteiger partial charge on any atom is -0.364 e. The van der Waals surface area contributed by atoms with Crippen LogP contribution in [0.15, 0.2) is 16.9 Å². The maximum absolute atomic E-state index is 4.88. The van der Waals surface area contributed by atoms with Gasteiger partial charge in [-0.2, -0.15) is 5.10 Å². The third kappa shape index (κ3) is 3.24. The van der Waals surface area contributed by atoms with Gasteiger partial charge in [0.1, 0.15) is 6.26 Å².